The molecule has 0 saturated carbocycles. The van der Waals surface area contributed by atoms with E-state index in [-0.39, 0.29) is 101 Å². The number of alkyl halides is 5. The zero-order valence-electron chi connectivity index (χ0n) is 80.9. The number of likely N-dealkylation sites (tertiary alicyclic amines) is 1. The molecule has 0 radical (unpaired) electrons. The van der Waals surface area contributed by atoms with E-state index >= 15 is 0 Å². The van der Waals surface area contributed by atoms with E-state index in [1.165, 1.54) is 34.1 Å². The highest BCUT2D eigenvalue weighted by molar-refractivity contribution is 9.10. The molecule has 10 aromatic carbocycles. The average molecular weight is 2150 g/mol. The Bertz CT molecular complexity index is 7390. The molecule has 148 heavy (non-hydrogen) atoms. The average Bonchev–Trinajstić information content (AvgIpc) is 1.68. The van der Waals surface area contributed by atoms with Crippen molar-refractivity contribution in [3.05, 3.63) is 357 Å². The number of hydrogen-bond acceptors (Lipinski definition) is 13. The van der Waals surface area contributed by atoms with Gasteiger partial charge in [-0.25, -0.2) is 28.0 Å². The maximum atomic E-state index is 14.3. The Kier molecular flexibility index (Phi) is 33.5. The number of carbonyl (C=O) groups is 10. The van der Waals surface area contributed by atoms with E-state index in [0.717, 1.165) is 121 Å². The van der Waals surface area contributed by atoms with Crippen LogP contribution >= 0.6 is 50.7 Å². The number of aromatic nitrogens is 4. The Labute approximate surface area is 876 Å². The van der Waals surface area contributed by atoms with Crippen LogP contribution in [0.25, 0.3) is 49.7 Å². The predicted octanol–water partition coefficient (Wildman–Crippen LogP) is 20.3. The van der Waals surface area contributed by atoms with Crippen LogP contribution in [0.5, 0.6) is 0 Å². The normalized spacial score (nSPS) is 15.2. The van der Waals surface area contributed by atoms with Crippen molar-refractivity contribution in [3.8, 4) is 0 Å². The summed E-state index contributed by atoms with van der Waals surface area (Å²) in [6.07, 6.45) is 0.805. The minimum absolute atomic E-state index is 0. The molecule has 5 saturated heterocycles. The number of nitrogens with one attached hydrogen (secondary N) is 7. The van der Waals surface area contributed by atoms with Gasteiger partial charge in [0.1, 0.15) is 46.9 Å². The summed E-state index contributed by atoms with van der Waals surface area (Å²) in [5, 5.41) is 7.85. The molecule has 27 nitrogen and oxygen atoms in total. The van der Waals surface area contributed by atoms with E-state index in [9.17, 15) is 78.7 Å². The number of aromatic amines is 4. The van der Waals surface area contributed by atoms with Gasteiger partial charge in [0.25, 0.3) is 59.1 Å². The topological polar surface area (TPSA) is 311 Å². The van der Waals surface area contributed by atoms with Gasteiger partial charge in [-0.05, 0) is 227 Å². The van der Waals surface area contributed by atoms with Crippen molar-refractivity contribution in [2.45, 2.75) is 52.6 Å². The number of piperidine rings is 1. The van der Waals surface area contributed by atoms with Crippen molar-refractivity contribution in [2.75, 3.05) is 131 Å². The largest absolute Gasteiger partial charge is 0.416 e. The van der Waals surface area contributed by atoms with Crippen molar-refractivity contribution in [2.24, 2.45) is 10.9 Å². The highest BCUT2D eigenvalue weighted by Gasteiger charge is 2.36. The number of rotatable bonds is 15. The second-order valence-electron chi connectivity index (χ2n) is 36.8. The second-order valence-corrected chi connectivity index (χ2v) is 39.0. The summed E-state index contributed by atoms with van der Waals surface area (Å²) in [7, 11) is 0. The highest BCUT2D eigenvalue weighted by Crippen LogP contribution is 2.35. The van der Waals surface area contributed by atoms with Gasteiger partial charge in [0, 0.05) is 234 Å². The van der Waals surface area contributed by atoms with Gasteiger partial charge in [-0.3, -0.25) is 47.9 Å². The molecule has 0 unspecified atom stereocenters. The Hall–Kier alpha value is -14.9. The van der Waals surface area contributed by atoms with E-state index in [1.807, 2.05) is 164 Å². The van der Waals surface area contributed by atoms with E-state index in [1.54, 1.807) is 78.8 Å². The molecule has 0 spiro atoms. The fourth-order valence-corrected chi connectivity index (χ4v) is 18.6. The standard InChI is InChI=1S/C23H25BrN2O2.C23H19F6N3O2.C22H21ClN6O2.C21H19ClFN3O2.C21H20ClN3O2.4H2/c1-17-2-7-20(8-3-17)23(28)25-16-19-12-14-26(15-13-19)22(27)11-6-18-4-9-21(24)10-5-18;1-22(25,26)14-2-4-16(17(24)12-14)20(33)31-6-8-32(9-7-31)21(34)19-11-13-10-15(23(27,28)29)3-5-18(13)30-19;23-17-5-6-18-16(11-17)12-19(26-18)22(31)29-9-7-28(8-10-29)21(30)15-3-1-14(2-4-15)20-24-13-25-27-20;1-13-2-4-16(17(23)10-13)20(27)25-6-8-26(9-7-25)21(28)19-12-14-11-15(22)3-5-18(14)24-19;1-14-2-4-15(5-3-14)20(26)24-8-10-25(11-9-24)21(27)19-13-16-12-17(22)6-7-18(16)23-19;;;;/h2-11,19H,12-16H2,1H3,(H,25,28);2-5,10-12,30H,6-9H2,1H3;1-6,11-12,25-26H,7-10,13H2,(H,24,27);2-5,10-12,24H,6-9H2,1H3;2-7,12-13,23H,8-11H2,1H3;4*1H/b11-6+;;;;;;;;. The first-order valence-electron chi connectivity index (χ1n) is 48.0. The molecule has 0 aliphatic carbocycles. The molecule has 7 N–H and O–H groups in total. The van der Waals surface area contributed by atoms with Gasteiger partial charge < -0.3 is 74.8 Å². The summed E-state index contributed by atoms with van der Waals surface area (Å²) >= 11 is 21.5. The first-order chi connectivity index (χ1) is 70.9. The van der Waals surface area contributed by atoms with Crippen LogP contribution in [0.15, 0.2) is 246 Å². The second kappa shape index (κ2) is 46.9. The summed E-state index contributed by atoms with van der Waals surface area (Å²) in [6.45, 7) is 15.0. The van der Waals surface area contributed by atoms with Crippen molar-refractivity contribution >= 4 is 165 Å². The van der Waals surface area contributed by atoms with Gasteiger partial charge in [-0.15, -0.1) is 0 Å². The molecule has 6 aliphatic heterocycles. The lowest BCUT2D eigenvalue weighted by atomic mass is 9.96. The fraction of sp³-hybridized carbons (Fsp3) is 0.264. The lowest BCUT2D eigenvalue weighted by molar-refractivity contribution is -0.137. The van der Waals surface area contributed by atoms with Crippen LogP contribution in [0.4, 0.5) is 30.7 Å². The quantitative estimate of drug-likeness (QED) is 0.0372. The first-order valence-corrected chi connectivity index (χ1v) is 49.9. The summed E-state index contributed by atoms with van der Waals surface area (Å²) in [6, 6.07) is 63.9. The summed E-state index contributed by atoms with van der Waals surface area (Å²) in [4.78, 5) is 158. The van der Waals surface area contributed by atoms with Crippen LogP contribution < -0.4 is 16.2 Å². The number of benzene rings is 10. The van der Waals surface area contributed by atoms with Crippen molar-refractivity contribution in [1.29, 1.82) is 0 Å². The molecule has 10 amide bonds. The van der Waals surface area contributed by atoms with E-state index in [4.69, 9.17) is 34.8 Å². The van der Waals surface area contributed by atoms with Gasteiger partial charge in [-0.1, -0.05) is 123 Å². The minimum atomic E-state index is -4.50. The van der Waals surface area contributed by atoms with Crippen molar-refractivity contribution in [1.82, 2.24) is 80.2 Å². The number of amides is 10. The molecular weight excluding hydrogens is 2040 g/mol. The zero-order valence-corrected chi connectivity index (χ0v) is 84.8. The first kappa shape index (κ1) is 106. The number of carbonyl (C=O) groups excluding carboxylic acids is 10. The van der Waals surface area contributed by atoms with Crippen LogP contribution in [0.2, 0.25) is 15.1 Å². The lowest BCUT2D eigenvalue weighted by Gasteiger charge is -2.34. The number of H-pyrrole nitrogens is 4. The lowest BCUT2D eigenvalue weighted by Crippen LogP contribution is -2.50. The molecule has 4 aromatic heterocycles. The summed E-state index contributed by atoms with van der Waals surface area (Å²) < 4.78 is 94.9. The SMILES string of the molecule is CC(F)(F)c1ccc(C(=O)N2CCN(C(=O)c3cc4cc(C(F)(F)F)ccc4[nH]3)CC2)c(F)c1.Cc1ccc(C(=O)N2CCN(C(=O)c3cc4cc(Cl)ccc4[nH]3)CC2)c(F)c1.Cc1ccc(C(=O)N2CCN(C(=O)c3cc4cc(Cl)ccc4[nH]3)CC2)cc1.Cc1ccc(C(=O)NCC2CCN(C(=O)/C=C/c3ccc(Br)cc3)CC2)cc1.O=C(c1ccc(C2=NCNN2)cc1)N1CCN(C(=O)c2cc3cc(Cl)ccc3[nH]2)CC1.[HH].[HH].[HH].[HH]. The third kappa shape index (κ3) is 26.4. The molecule has 6 aliphatic rings. The smallest absolute Gasteiger partial charge is 0.352 e. The number of amidine groups is 1. The summed E-state index contributed by atoms with van der Waals surface area (Å²) in [5.41, 5.74) is 15.9. The molecule has 14 aromatic rings. The van der Waals surface area contributed by atoms with Crippen LogP contribution in [0, 0.1) is 38.3 Å². The number of piperazine rings is 4. The molecule has 774 valence electrons. The monoisotopic (exact) mass is 2150 g/mol. The van der Waals surface area contributed by atoms with E-state index in [0.29, 0.717) is 165 Å². The maximum Gasteiger partial charge on any atom is 0.416 e. The number of halogens is 11. The third-order valence-corrected chi connectivity index (χ3v) is 27.6. The Morgan fingerprint density at radius 3 is 1.12 bits per heavy atom. The minimum Gasteiger partial charge on any atom is -0.352 e. The number of fused-ring (bicyclic) bond motifs is 4. The number of nitrogens with zero attached hydrogens (tertiary/aromatic N) is 10. The Morgan fingerprint density at radius 2 is 0.743 bits per heavy atom. The van der Waals surface area contributed by atoms with Crippen molar-refractivity contribution < 1.29 is 84.4 Å². The van der Waals surface area contributed by atoms with Crippen LogP contribution in [0.3, 0.4) is 0 Å². The fourth-order valence-electron chi connectivity index (χ4n) is 17.8. The predicted molar refractivity (Wildman–Crippen MR) is 567 cm³/mol. The van der Waals surface area contributed by atoms with Crippen LogP contribution in [0.1, 0.15) is 158 Å². The van der Waals surface area contributed by atoms with Gasteiger partial charge >= 0.3 is 6.18 Å². The molecule has 0 atom stereocenters. The van der Waals surface area contributed by atoms with Gasteiger partial charge in [0.2, 0.25) is 5.91 Å². The number of hydrogen-bond donors (Lipinski definition) is 7. The number of hydrazine groups is 1. The van der Waals surface area contributed by atoms with Crippen LogP contribution in [-0.4, -0.2) is 260 Å². The number of aliphatic imine (C=N–C) groups is 1. The third-order valence-electron chi connectivity index (χ3n) is 26.4. The van der Waals surface area contributed by atoms with E-state index < -0.39 is 46.7 Å². The Morgan fingerprint density at radius 1 is 0.392 bits per heavy atom. The highest BCUT2D eigenvalue weighted by atomic mass is 79.9. The van der Waals surface area contributed by atoms with Gasteiger partial charge in [0.05, 0.1) is 16.7 Å². The van der Waals surface area contributed by atoms with Crippen LogP contribution in [-0.2, 0) is 16.9 Å². The maximum absolute atomic E-state index is 14.3. The van der Waals surface area contributed by atoms with Crippen molar-refractivity contribution in [3.63, 3.8) is 0 Å². The molecule has 5 fully saturated rings. The van der Waals surface area contributed by atoms with Gasteiger partial charge in [0.15, 0.2) is 0 Å². The molecular formula is C110H112BrCl3F7N17O10. The molecule has 0 bridgehead atoms. The molecule has 10 heterocycles. The molecule has 38 heteroatoms. The number of aryl methyl sites for hydroxylation is 3. The molecule has 20 rings (SSSR count). The summed E-state index contributed by atoms with van der Waals surface area (Å²) in [5.74, 6) is -5.35. The zero-order chi connectivity index (χ0) is 105. The van der Waals surface area contributed by atoms with E-state index in [2.05, 4.69) is 57.0 Å². The van der Waals surface area contributed by atoms with Gasteiger partial charge in [-0.2, -0.15) is 13.2 Å². The Balaban J connectivity index is 0.000000167.